The van der Waals surface area contributed by atoms with E-state index in [4.69, 9.17) is 10.5 Å². The monoisotopic (exact) mass is 252 g/mol. The van der Waals surface area contributed by atoms with E-state index in [1.165, 1.54) is 11.1 Å². The van der Waals surface area contributed by atoms with Crippen molar-refractivity contribution in [3.05, 3.63) is 11.9 Å². The first-order valence-electron chi connectivity index (χ1n) is 6.35. The first-order valence-corrected chi connectivity index (χ1v) is 6.35. The highest BCUT2D eigenvalue weighted by Crippen LogP contribution is 2.15. The molecule has 0 radical (unpaired) electrons. The number of hydrogen-bond acceptors (Lipinski definition) is 4. The van der Waals surface area contributed by atoms with Crippen LogP contribution in [0.15, 0.2) is 6.20 Å². The van der Waals surface area contributed by atoms with Crippen molar-refractivity contribution in [1.29, 1.82) is 0 Å². The largest absolute Gasteiger partial charge is 0.396 e. The van der Waals surface area contributed by atoms with Crippen LogP contribution in [0.5, 0.6) is 0 Å². The number of nitrogens with two attached hydrogens (primary N) is 1. The zero-order valence-corrected chi connectivity index (χ0v) is 10.7. The van der Waals surface area contributed by atoms with Gasteiger partial charge in [-0.3, -0.25) is 9.48 Å². The Bertz CT molecular complexity index is 410. The number of anilines is 1. The molecule has 18 heavy (non-hydrogen) atoms. The third-order valence-electron chi connectivity index (χ3n) is 3.10. The third kappa shape index (κ3) is 3.22. The molecule has 1 unspecified atom stereocenters. The van der Waals surface area contributed by atoms with E-state index in [0.717, 1.165) is 25.9 Å². The highest BCUT2D eigenvalue weighted by molar-refractivity contribution is 5.96. The van der Waals surface area contributed by atoms with Crippen LogP contribution in [0.3, 0.4) is 0 Å². The van der Waals surface area contributed by atoms with Gasteiger partial charge in [-0.1, -0.05) is 0 Å². The van der Waals surface area contributed by atoms with E-state index >= 15 is 0 Å². The van der Waals surface area contributed by atoms with E-state index in [-0.39, 0.29) is 12.0 Å². The number of nitrogen functional groups attached to an aromatic ring is 1. The fourth-order valence-electron chi connectivity index (χ4n) is 2.15. The summed E-state index contributed by atoms with van der Waals surface area (Å²) in [6.07, 6.45) is 6.19. The number of ether oxygens (including phenoxy) is 1. The van der Waals surface area contributed by atoms with Gasteiger partial charge in [0.25, 0.3) is 5.91 Å². The molecule has 0 spiro atoms. The Morgan fingerprint density at radius 3 is 3.11 bits per heavy atom. The van der Waals surface area contributed by atoms with E-state index in [9.17, 15) is 4.79 Å². The third-order valence-corrected chi connectivity index (χ3v) is 3.10. The fourth-order valence-corrected chi connectivity index (χ4v) is 2.15. The molecule has 1 atom stereocenters. The summed E-state index contributed by atoms with van der Waals surface area (Å²) >= 11 is 0. The summed E-state index contributed by atoms with van der Waals surface area (Å²) in [4.78, 5) is 11.8. The fraction of sp³-hybridized carbons (Fsp3) is 0.667. The van der Waals surface area contributed by atoms with Crippen molar-refractivity contribution in [2.75, 3.05) is 18.9 Å². The molecule has 1 amide bonds. The van der Waals surface area contributed by atoms with E-state index in [1.807, 2.05) is 0 Å². The summed E-state index contributed by atoms with van der Waals surface area (Å²) in [6.45, 7) is 1.44. The number of hydrogen-bond donors (Lipinski definition) is 2. The second kappa shape index (κ2) is 5.86. The van der Waals surface area contributed by atoms with Gasteiger partial charge in [-0.25, -0.2) is 0 Å². The molecule has 0 aliphatic carbocycles. The molecular weight excluding hydrogens is 232 g/mol. The molecule has 2 heterocycles. The molecular formula is C12H20N4O2. The maximum atomic E-state index is 11.8. The number of nitrogens with zero attached hydrogens (tertiary/aromatic N) is 2. The number of aromatic nitrogens is 2. The maximum Gasteiger partial charge on any atom is 0.273 e. The SMILES string of the molecule is Cn1cc(N)c(C(=O)NCCC2CCCCO2)n1. The predicted octanol–water partition coefficient (Wildman–Crippen LogP) is 0.691. The van der Waals surface area contributed by atoms with Crippen LogP contribution in [0.4, 0.5) is 5.69 Å². The molecule has 1 aromatic heterocycles. The standard InChI is InChI=1S/C12H20N4O2/c1-16-8-10(13)11(15-16)12(17)14-6-5-9-4-2-3-7-18-9/h8-9H,2-7,13H2,1H3,(H,14,17). The van der Waals surface area contributed by atoms with Crippen LogP contribution in [0, 0.1) is 0 Å². The first kappa shape index (κ1) is 12.9. The molecule has 2 rings (SSSR count). The molecule has 3 N–H and O–H groups in total. The van der Waals surface area contributed by atoms with Crippen LogP contribution in [0.2, 0.25) is 0 Å². The molecule has 6 heteroatoms. The van der Waals surface area contributed by atoms with Gasteiger partial charge >= 0.3 is 0 Å². The van der Waals surface area contributed by atoms with E-state index < -0.39 is 0 Å². The quantitative estimate of drug-likeness (QED) is 0.826. The Labute approximate surface area is 106 Å². The summed E-state index contributed by atoms with van der Waals surface area (Å²) in [5, 5.41) is 6.85. The second-order valence-electron chi connectivity index (χ2n) is 4.64. The first-order chi connectivity index (χ1) is 8.66. The van der Waals surface area contributed by atoms with Gasteiger partial charge in [0.05, 0.1) is 11.8 Å². The molecule has 1 aliphatic heterocycles. The Kier molecular flexibility index (Phi) is 4.19. The van der Waals surface area contributed by atoms with Crippen LogP contribution in [-0.4, -0.2) is 34.9 Å². The average molecular weight is 252 g/mol. The lowest BCUT2D eigenvalue weighted by Gasteiger charge is -2.22. The van der Waals surface area contributed by atoms with Gasteiger partial charge in [0.15, 0.2) is 5.69 Å². The molecule has 100 valence electrons. The molecule has 1 aromatic rings. The minimum atomic E-state index is -0.219. The van der Waals surface area contributed by atoms with Crippen molar-refractivity contribution in [3.63, 3.8) is 0 Å². The Morgan fingerprint density at radius 1 is 1.67 bits per heavy atom. The van der Waals surface area contributed by atoms with Gasteiger partial charge in [0, 0.05) is 26.4 Å². The van der Waals surface area contributed by atoms with Crippen molar-refractivity contribution >= 4 is 11.6 Å². The van der Waals surface area contributed by atoms with Crippen LogP contribution in [0.25, 0.3) is 0 Å². The maximum absolute atomic E-state index is 11.8. The van der Waals surface area contributed by atoms with Gasteiger partial charge < -0.3 is 15.8 Å². The van der Waals surface area contributed by atoms with Gasteiger partial charge in [0.2, 0.25) is 0 Å². The van der Waals surface area contributed by atoms with Gasteiger partial charge in [-0.05, 0) is 25.7 Å². The topological polar surface area (TPSA) is 82.2 Å². The number of carbonyl (C=O) groups is 1. The normalized spacial score (nSPS) is 19.7. The number of amides is 1. The number of carbonyl (C=O) groups excluding carboxylic acids is 1. The Hall–Kier alpha value is -1.56. The Balaban J connectivity index is 1.76. The summed E-state index contributed by atoms with van der Waals surface area (Å²) in [5.74, 6) is -0.219. The molecule has 0 saturated carbocycles. The number of rotatable bonds is 4. The van der Waals surface area contributed by atoms with Crippen LogP contribution in [0.1, 0.15) is 36.2 Å². The molecule has 1 fully saturated rings. The molecule has 6 nitrogen and oxygen atoms in total. The minimum absolute atomic E-state index is 0.219. The summed E-state index contributed by atoms with van der Waals surface area (Å²) in [7, 11) is 1.74. The lowest BCUT2D eigenvalue weighted by molar-refractivity contribution is 0.0117. The number of nitrogens with one attached hydrogen (secondary N) is 1. The van der Waals surface area contributed by atoms with Crippen molar-refractivity contribution in [1.82, 2.24) is 15.1 Å². The van der Waals surface area contributed by atoms with E-state index in [0.29, 0.717) is 17.9 Å². The molecule has 0 bridgehead atoms. The Morgan fingerprint density at radius 2 is 2.50 bits per heavy atom. The zero-order chi connectivity index (χ0) is 13.0. The highest BCUT2D eigenvalue weighted by atomic mass is 16.5. The minimum Gasteiger partial charge on any atom is -0.396 e. The zero-order valence-electron chi connectivity index (χ0n) is 10.7. The summed E-state index contributed by atoms with van der Waals surface area (Å²) < 4.78 is 7.13. The van der Waals surface area contributed by atoms with E-state index in [1.54, 1.807) is 13.2 Å². The van der Waals surface area contributed by atoms with Crippen LogP contribution >= 0.6 is 0 Å². The van der Waals surface area contributed by atoms with Gasteiger partial charge in [-0.15, -0.1) is 0 Å². The molecule has 1 saturated heterocycles. The lowest BCUT2D eigenvalue weighted by Crippen LogP contribution is -2.30. The number of aryl methyl sites for hydroxylation is 1. The van der Waals surface area contributed by atoms with Crippen molar-refractivity contribution in [3.8, 4) is 0 Å². The van der Waals surface area contributed by atoms with Crippen molar-refractivity contribution in [2.24, 2.45) is 7.05 Å². The second-order valence-corrected chi connectivity index (χ2v) is 4.64. The van der Waals surface area contributed by atoms with Crippen LogP contribution in [-0.2, 0) is 11.8 Å². The van der Waals surface area contributed by atoms with Gasteiger partial charge in [0.1, 0.15) is 0 Å². The lowest BCUT2D eigenvalue weighted by atomic mass is 10.1. The van der Waals surface area contributed by atoms with Crippen molar-refractivity contribution in [2.45, 2.75) is 31.8 Å². The predicted molar refractivity (Wildman–Crippen MR) is 68.2 cm³/mol. The van der Waals surface area contributed by atoms with Gasteiger partial charge in [-0.2, -0.15) is 5.10 Å². The van der Waals surface area contributed by atoms with Crippen molar-refractivity contribution < 1.29 is 9.53 Å². The smallest absolute Gasteiger partial charge is 0.273 e. The van der Waals surface area contributed by atoms with E-state index in [2.05, 4.69) is 10.4 Å². The molecule has 1 aliphatic rings. The molecule has 0 aromatic carbocycles. The average Bonchev–Trinajstić information content (AvgIpc) is 2.70. The van der Waals surface area contributed by atoms with Crippen LogP contribution < -0.4 is 11.1 Å². The summed E-state index contributed by atoms with van der Waals surface area (Å²) in [6, 6.07) is 0. The highest BCUT2D eigenvalue weighted by Gasteiger charge is 2.16. The summed E-state index contributed by atoms with van der Waals surface area (Å²) in [5.41, 5.74) is 6.39.